The van der Waals surface area contributed by atoms with Gasteiger partial charge in [0.15, 0.2) is 0 Å². The highest BCUT2D eigenvalue weighted by atomic mass is 16.5. The summed E-state index contributed by atoms with van der Waals surface area (Å²) in [7, 11) is 0. The standard InChI is InChI=1S/C26H27N3O3/c1-18-12-19(2)29(27-18)24-5-3-4-23(15-24)26(30)28-9-11-31-17-21(16-28)13-20-6-7-22-8-10-32-25(22)14-20/h3-8,10,12,14-15,21H,9,11,13,16-17H2,1-2H3. The quantitative estimate of drug-likeness (QED) is 0.477. The van der Waals surface area contributed by atoms with E-state index in [2.05, 4.69) is 23.3 Å². The molecule has 164 valence electrons. The van der Waals surface area contributed by atoms with Gasteiger partial charge < -0.3 is 14.1 Å². The molecule has 2 aromatic heterocycles. The summed E-state index contributed by atoms with van der Waals surface area (Å²) in [5.74, 6) is 0.262. The van der Waals surface area contributed by atoms with Crippen LogP contribution in [0.15, 0.2) is 65.3 Å². The fourth-order valence-corrected chi connectivity index (χ4v) is 4.49. The number of benzene rings is 2. The van der Waals surface area contributed by atoms with Crippen molar-refractivity contribution in [3.8, 4) is 5.69 Å². The summed E-state index contributed by atoms with van der Waals surface area (Å²) < 4.78 is 13.3. The number of carbonyl (C=O) groups excluding carboxylic acids is 1. The van der Waals surface area contributed by atoms with Gasteiger partial charge in [-0.25, -0.2) is 4.68 Å². The van der Waals surface area contributed by atoms with Crippen molar-refractivity contribution in [2.24, 2.45) is 5.92 Å². The molecular weight excluding hydrogens is 402 g/mol. The second-order valence-electron chi connectivity index (χ2n) is 8.58. The van der Waals surface area contributed by atoms with Gasteiger partial charge in [0.1, 0.15) is 5.58 Å². The number of rotatable bonds is 4. The van der Waals surface area contributed by atoms with Crippen molar-refractivity contribution in [1.29, 1.82) is 0 Å². The zero-order valence-corrected chi connectivity index (χ0v) is 18.5. The second-order valence-corrected chi connectivity index (χ2v) is 8.58. The molecule has 1 saturated heterocycles. The van der Waals surface area contributed by atoms with Crippen molar-refractivity contribution < 1.29 is 13.9 Å². The van der Waals surface area contributed by atoms with Gasteiger partial charge in [0.05, 0.1) is 30.9 Å². The molecule has 1 amide bonds. The molecule has 1 aliphatic heterocycles. The molecule has 3 heterocycles. The highest BCUT2D eigenvalue weighted by molar-refractivity contribution is 5.94. The summed E-state index contributed by atoms with van der Waals surface area (Å²) in [5.41, 5.74) is 5.67. The number of fused-ring (bicyclic) bond motifs is 1. The Morgan fingerprint density at radius 1 is 1.12 bits per heavy atom. The van der Waals surface area contributed by atoms with Crippen LogP contribution >= 0.6 is 0 Å². The topological polar surface area (TPSA) is 60.5 Å². The normalized spacial score (nSPS) is 16.9. The largest absolute Gasteiger partial charge is 0.464 e. The van der Waals surface area contributed by atoms with Gasteiger partial charge in [-0.3, -0.25) is 4.79 Å². The zero-order valence-electron chi connectivity index (χ0n) is 18.5. The summed E-state index contributed by atoms with van der Waals surface area (Å²) in [4.78, 5) is 15.3. The Bertz CT molecular complexity index is 1260. The minimum Gasteiger partial charge on any atom is -0.464 e. The van der Waals surface area contributed by atoms with E-state index in [0.29, 0.717) is 31.9 Å². The van der Waals surface area contributed by atoms with Crippen LogP contribution in [0.3, 0.4) is 0 Å². The zero-order chi connectivity index (χ0) is 22.1. The molecule has 5 rings (SSSR count). The number of aryl methyl sites for hydroxylation is 2. The van der Waals surface area contributed by atoms with Crippen LogP contribution in [0, 0.1) is 19.8 Å². The Labute approximate surface area is 187 Å². The third-order valence-corrected chi connectivity index (χ3v) is 6.02. The van der Waals surface area contributed by atoms with E-state index in [1.807, 2.05) is 59.8 Å². The fraction of sp³-hybridized carbons (Fsp3) is 0.308. The molecule has 0 saturated carbocycles. The molecule has 0 N–H and O–H groups in total. The van der Waals surface area contributed by atoms with Crippen molar-refractivity contribution in [3.05, 3.63) is 83.4 Å². The highest BCUT2D eigenvalue weighted by Gasteiger charge is 2.24. The number of ether oxygens (including phenoxy) is 1. The van der Waals surface area contributed by atoms with Crippen LogP contribution < -0.4 is 0 Å². The monoisotopic (exact) mass is 429 g/mol. The SMILES string of the molecule is Cc1cc(C)n(-c2cccc(C(=O)N3CCOCC(Cc4ccc5ccoc5c4)C3)c2)n1. The summed E-state index contributed by atoms with van der Waals surface area (Å²) in [6.45, 7) is 6.45. The van der Waals surface area contributed by atoms with Gasteiger partial charge in [0.2, 0.25) is 0 Å². The maximum atomic E-state index is 13.4. The first-order valence-electron chi connectivity index (χ1n) is 11.0. The van der Waals surface area contributed by atoms with E-state index < -0.39 is 0 Å². The molecule has 4 aromatic rings. The van der Waals surface area contributed by atoms with E-state index in [1.165, 1.54) is 5.56 Å². The Morgan fingerprint density at radius 2 is 2.03 bits per heavy atom. The Balaban J connectivity index is 1.33. The molecule has 1 atom stereocenters. The highest BCUT2D eigenvalue weighted by Crippen LogP contribution is 2.22. The van der Waals surface area contributed by atoms with Crippen LogP contribution in [0.25, 0.3) is 16.7 Å². The van der Waals surface area contributed by atoms with Crippen LogP contribution in [0.4, 0.5) is 0 Å². The molecule has 0 spiro atoms. The summed E-state index contributed by atoms with van der Waals surface area (Å²) in [6, 6.07) is 18.0. The van der Waals surface area contributed by atoms with E-state index in [4.69, 9.17) is 9.15 Å². The van der Waals surface area contributed by atoms with Crippen LogP contribution in [0.5, 0.6) is 0 Å². The lowest BCUT2D eigenvalue weighted by Crippen LogP contribution is -2.36. The first-order valence-corrected chi connectivity index (χ1v) is 11.0. The molecule has 0 radical (unpaired) electrons. The van der Waals surface area contributed by atoms with Gasteiger partial charge in [-0.1, -0.05) is 18.2 Å². The lowest BCUT2D eigenvalue weighted by atomic mass is 9.98. The van der Waals surface area contributed by atoms with E-state index in [1.54, 1.807) is 6.26 Å². The third-order valence-electron chi connectivity index (χ3n) is 6.02. The second kappa shape index (κ2) is 8.63. The number of hydrogen-bond donors (Lipinski definition) is 0. The predicted molar refractivity (Wildman–Crippen MR) is 123 cm³/mol. The first-order chi connectivity index (χ1) is 15.6. The molecular formula is C26H27N3O3. The average molecular weight is 430 g/mol. The summed E-state index contributed by atoms with van der Waals surface area (Å²) in [5, 5.41) is 5.65. The first kappa shape index (κ1) is 20.5. The molecule has 0 aliphatic carbocycles. The van der Waals surface area contributed by atoms with Crippen LogP contribution in [0.2, 0.25) is 0 Å². The van der Waals surface area contributed by atoms with E-state index in [0.717, 1.165) is 34.5 Å². The predicted octanol–water partition coefficient (Wildman–Crippen LogP) is 4.57. The molecule has 1 unspecified atom stereocenters. The average Bonchev–Trinajstić information content (AvgIpc) is 3.32. The van der Waals surface area contributed by atoms with Crippen LogP contribution in [0.1, 0.15) is 27.3 Å². The van der Waals surface area contributed by atoms with Crippen molar-refractivity contribution in [2.75, 3.05) is 26.3 Å². The van der Waals surface area contributed by atoms with Crippen molar-refractivity contribution >= 4 is 16.9 Å². The van der Waals surface area contributed by atoms with Crippen molar-refractivity contribution in [3.63, 3.8) is 0 Å². The number of furan rings is 1. The summed E-state index contributed by atoms with van der Waals surface area (Å²) >= 11 is 0. The number of carbonyl (C=O) groups is 1. The third kappa shape index (κ3) is 4.18. The fourth-order valence-electron chi connectivity index (χ4n) is 4.49. The number of aromatic nitrogens is 2. The smallest absolute Gasteiger partial charge is 0.254 e. The van der Waals surface area contributed by atoms with Gasteiger partial charge in [-0.05, 0) is 62.2 Å². The van der Waals surface area contributed by atoms with Gasteiger partial charge in [-0.15, -0.1) is 0 Å². The van der Waals surface area contributed by atoms with E-state index in [-0.39, 0.29) is 11.8 Å². The molecule has 0 bridgehead atoms. The van der Waals surface area contributed by atoms with Crippen molar-refractivity contribution in [2.45, 2.75) is 20.3 Å². The number of nitrogens with zero attached hydrogens (tertiary/aromatic N) is 3. The van der Waals surface area contributed by atoms with Gasteiger partial charge >= 0.3 is 0 Å². The maximum absolute atomic E-state index is 13.4. The maximum Gasteiger partial charge on any atom is 0.254 e. The minimum atomic E-state index is 0.0327. The van der Waals surface area contributed by atoms with Crippen LogP contribution in [-0.2, 0) is 11.2 Å². The molecule has 1 fully saturated rings. The van der Waals surface area contributed by atoms with Gasteiger partial charge in [0, 0.05) is 35.7 Å². The molecule has 2 aromatic carbocycles. The van der Waals surface area contributed by atoms with Gasteiger partial charge in [-0.2, -0.15) is 5.10 Å². The van der Waals surface area contributed by atoms with Crippen molar-refractivity contribution in [1.82, 2.24) is 14.7 Å². The Morgan fingerprint density at radius 3 is 2.88 bits per heavy atom. The number of hydrogen-bond acceptors (Lipinski definition) is 4. The lowest BCUT2D eigenvalue weighted by Gasteiger charge is -2.24. The Hall–Kier alpha value is -3.38. The molecule has 6 nitrogen and oxygen atoms in total. The molecule has 1 aliphatic rings. The minimum absolute atomic E-state index is 0.0327. The Kier molecular flexibility index (Phi) is 5.53. The molecule has 6 heteroatoms. The van der Waals surface area contributed by atoms with E-state index in [9.17, 15) is 4.79 Å². The molecule has 32 heavy (non-hydrogen) atoms. The lowest BCUT2D eigenvalue weighted by molar-refractivity contribution is 0.0737. The van der Waals surface area contributed by atoms with E-state index >= 15 is 0 Å². The summed E-state index contributed by atoms with van der Waals surface area (Å²) in [6.07, 6.45) is 2.55. The number of amides is 1. The van der Waals surface area contributed by atoms with Crippen LogP contribution in [-0.4, -0.2) is 46.9 Å². The van der Waals surface area contributed by atoms with Gasteiger partial charge in [0.25, 0.3) is 5.91 Å².